The molecule has 4 rings (SSSR count). The first kappa shape index (κ1) is 34.7. The lowest BCUT2D eigenvalue weighted by molar-refractivity contribution is -0.306. The van der Waals surface area contributed by atoms with Crippen LogP contribution >= 0.6 is 0 Å². The minimum absolute atomic E-state index is 0.0548. The van der Waals surface area contributed by atoms with Crippen LogP contribution < -0.4 is 33.6 Å². The molecule has 0 aromatic carbocycles. The van der Waals surface area contributed by atoms with Crippen LogP contribution in [0.5, 0.6) is 0 Å². The molecule has 250 valence electrons. The van der Waals surface area contributed by atoms with Gasteiger partial charge in [0, 0.05) is 50.0 Å². The molecule has 0 aromatic heterocycles. The van der Waals surface area contributed by atoms with Gasteiger partial charge in [0.1, 0.15) is 30.0 Å². The molecule has 43 heavy (non-hydrogen) atoms. The fourth-order valence-corrected chi connectivity index (χ4v) is 6.66. The third kappa shape index (κ3) is 7.65. The maximum atomic E-state index is 13.1. The molecule has 2 aliphatic heterocycles. The van der Waals surface area contributed by atoms with Crippen molar-refractivity contribution in [3.05, 3.63) is 0 Å². The molecule has 14 atom stereocenters. The van der Waals surface area contributed by atoms with Gasteiger partial charge in [-0.2, -0.15) is 0 Å². The molecule has 1 amide bonds. The van der Waals surface area contributed by atoms with Crippen LogP contribution in [0.4, 0.5) is 0 Å². The number of hydrogen-bond donors (Lipinski definition) is 13. The van der Waals surface area contributed by atoms with Crippen molar-refractivity contribution < 1.29 is 54.8 Å². The number of rotatable bonds is 11. The largest absolute Gasteiger partial charge is 0.394 e. The Balaban J connectivity index is 1.54. The van der Waals surface area contributed by atoms with E-state index in [1.165, 1.54) is 0 Å². The van der Waals surface area contributed by atoms with E-state index in [1.54, 1.807) is 0 Å². The Morgan fingerprint density at radius 3 is 2.33 bits per heavy atom. The van der Waals surface area contributed by atoms with Crippen LogP contribution in [0, 0.1) is 5.92 Å². The van der Waals surface area contributed by atoms with E-state index in [4.69, 9.17) is 42.3 Å². The minimum atomic E-state index is -1.69. The van der Waals surface area contributed by atoms with Gasteiger partial charge < -0.3 is 83.5 Å². The van der Waals surface area contributed by atoms with Crippen LogP contribution in [-0.4, -0.2) is 159 Å². The molecule has 4 aliphatic rings. The Morgan fingerprint density at radius 2 is 1.70 bits per heavy atom. The zero-order valence-corrected chi connectivity index (χ0v) is 24.1. The number of ether oxygens (including phenoxy) is 3. The van der Waals surface area contributed by atoms with E-state index >= 15 is 0 Å². The summed E-state index contributed by atoms with van der Waals surface area (Å²) in [5.41, 5.74) is 23.1. The van der Waals surface area contributed by atoms with Crippen molar-refractivity contribution >= 4 is 5.91 Å². The SMILES string of the molecule is NC1CC(O)(C(=O)NC2CC(N)C(C3OC(CNCC(O)CO)CCC3N)C(O)C2OC2OC(CO)C(O)C(N)C2O)C1. The molecule has 0 aromatic rings. The monoisotopic (exact) mass is 622 g/mol. The standard InChI is InChI=1S/C26H50N6O11/c27-10-4-26(40,5-10)25(39)32-15-3-14(29)17(22-13(28)2-1-12(41-22)7-31-6-11(35)8-33)20(37)23(15)43-24-21(38)18(30)19(36)16(9-34)42-24/h10-24,31,33-38,40H,1-9,27-30H2,(H,32,39). The number of carbonyl (C=O) groups is 1. The quantitative estimate of drug-likeness (QED) is 0.102. The predicted octanol–water partition coefficient (Wildman–Crippen LogP) is -7.00. The van der Waals surface area contributed by atoms with Crippen LogP contribution in [0.2, 0.25) is 0 Å². The first-order valence-electron chi connectivity index (χ1n) is 15.0. The number of hydrogen-bond acceptors (Lipinski definition) is 16. The second kappa shape index (κ2) is 14.5. The van der Waals surface area contributed by atoms with Crippen molar-refractivity contribution in [1.29, 1.82) is 0 Å². The van der Waals surface area contributed by atoms with Gasteiger partial charge >= 0.3 is 0 Å². The fourth-order valence-electron chi connectivity index (χ4n) is 6.66. The highest BCUT2D eigenvalue weighted by atomic mass is 16.7. The van der Waals surface area contributed by atoms with E-state index in [-0.39, 0.29) is 44.6 Å². The number of amides is 1. The van der Waals surface area contributed by atoms with Gasteiger partial charge in [0.05, 0.1) is 49.7 Å². The van der Waals surface area contributed by atoms with Crippen molar-refractivity contribution in [3.8, 4) is 0 Å². The van der Waals surface area contributed by atoms with Gasteiger partial charge in [-0.15, -0.1) is 0 Å². The highest BCUT2D eigenvalue weighted by molar-refractivity contribution is 5.86. The van der Waals surface area contributed by atoms with Crippen molar-refractivity contribution in [3.63, 3.8) is 0 Å². The smallest absolute Gasteiger partial charge is 0.252 e. The van der Waals surface area contributed by atoms with Gasteiger partial charge in [0.15, 0.2) is 6.29 Å². The Morgan fingerprint density at radius 1 is 1.00 bits per heavy atom. The van der Waals surface area contributed by atoms with Crippen LogP contribution in [0.25, 0.3) is 0 Å². The molecular weight excluding hydrogens is 572 g/mol. The van der Waals surface area contributed by atoms with E-state index in [0.29, 0.717) is 19.4 Å². The third-order valence-electron chi connectivity index (χ3n) is 9.25. The van der Waals surface area contributed by atoms with Crippen molar-refractivity contribution in [2.75, 3.05) is 26.3 Å². The van der Waals surface area contributed by atoms with E-state index < -0.39 is 97.2 Å². The normalized spacial score (nSPS) is 47.9. The first-order chi connectivity index (χ1) is 20.3. The molecular formula is C26H50N6O11. The molecule has 0 radical (unpaired) electrons. The summed E-state index contributed by atoms with van der Waals surface area (Å²) in [5, 5.41) is 77.6. The summed E-state index contributed by atoms with van der Waals surface area (Å²) in [6, 6.07) is -3.79. The van der Waals surface area contributed by atoms with Crippen molar-refractivity contribution in [1.82, 2.24) is 10.6 Å². The number of nitrogens with one attached hydrogen (secondary N) is 2. The summed E-state index contributed by atoms with van der Waals surface area (Å²) in [4.78, 5) is 13.1. The molecule has 0 bridgehead atoms. The lowest BCUT2D eigenvalue weighted by Crippen LogP contribution is -2.70. The lowest BCUT2D eigenvalue weighted by Gasteiger charge is -2.51. The summed E-state index contributed by atoms with van der Waals surface area (Å²) < 4.78 is 18.0. The Labute approximate surface area is 249 Å². The summed E-state index contributed by atoms with van der Waals surface area (Å²) in [7, 11) is 0. The van der Waals surface area contributed by atoms with Crippen molar-refractivity contribution in [2.24, 2.45) is 28.9 Å². The van der Waals surface area contributed by atoms with Crippen LogP contribution in [0.15, 0.2) is 0 Å². The number of carbonyl (C=O) groups excluding carboxylic acids is 1. The van der Waals surface area contributed by atoms with Gasteiger partial charge in [0.25, 0.3) is 5.91 Å². The van der Waals surface area contributed by atoms with Gasteiger partial charge in [-0.3, -0.25) is 4.79 Å². The fraction of sp³-hybridized carbons (Fsp3) is 0.962. The highest BCUT2D eigenvalue weighted by Gasteiger charge is 2.55. The summed E-state index contributed by atoms with van der Waals surface area (Å²) in [6.45, 7) is -0.503. The van der Waals surface area contributed by atoms with E-state index in [2.05, 4.69) is 10.6 Å². The average Bonchev–Trinajstić information content (AvgIpc) is 2.95. The maximum Gasteiger partial charge on any atom is 0.252 e. The molecule has 17 N–H and O–H groups in total. The molecule has 17 heteroatoms. The molecule has 2 aliphatic carbocycles. The molecule has 2 saturated carbocycles. The Hall–Kier alpha value is -1.13. The van der Waals surface area contributed by atoms with E-state index in [0.717, 1.165) is 0 Å². The molecule has 2 heterocycles. The van der Waals surface area contributed by atoms with E-state index in [9.17, 15) is 35.4 Å². The molecule has 17 nitrogen and oxygen atoms in total. The number of aliphatic hydroxyl groups is 7. The minimum Gasteiger partial charge on any atom is -0.394 e. The predicted molar refractivity (Wildman–Crippen MR) is 149 cm³/mol. The van der Waals surface area contributed by atoms with Gasteiger partial charge in [0.2, 0.25) is 0 Å². The molecule has 14 unspecified atom stereocenters. The molecule has 4 fully saturated rings. The van der Waals surface area contributed by atoms with Gasteiger partial charge in [-0.25, -0.2) is 0 Å². The molecule has 0 spiro atoms. The maximum absolute atomic E-state index is 13.1. The van der Waals surface area contributed by atoms with Gasteiger partial charge in [-0.1, -0.05) is 0 Å². The number of nitrogens with two attached hydrogens (primary N) is 4. The van der Waals surface area contributed by atoms with E-state index in [1.807, 2.05) is 0 Å². The lowest BCUT2D eigenvalue weighted by atomic mass is 9.71. The Kier molecular flexibility index (Phi) is 11.7. The topological polar surface area (TPSA) is 315 Å². The number of aliphatic hydroxyl groups excluding tert-OH is 6. The second-order valence-electron chi connectivity index (χ2n) is 12.6. The van der Waals surface area contributed by atoms with Crippen LogP contribution in [-0.2, 0) is 19.0 Å². The van der Waals surface area contributed by atoms with Crippen LogP contribution in [0.3, 0.4) is 0 Å². The first-order valence-corrected chi connectivity index (χ1v) is 15.0. The van der Waals surface area contributed by atoms with Gasteiger partial charge in [-0.05, 0) is 19.3 Å². The zero-order valence-electron chi connectivity index (χ0n) is 24.1. The van der Waals surface area contributed by atoms with Crippen molar-refractivity contribution in [2.45, 2.75) is 123 Å². The molecule has 2 saturated heterocycles. The summed E-state index contributed by atoms with van der Waals surface area (Å²) in [5.74, 6) is -1.51. The van der Waals surface area contributed by atoms with Crippen LogP contribution in [0.1, 0.15) is 32.1 Å². The second-order valence-corrected chi connectivity index (χ2v) is 12.6. The zero-order chi connectivity index (χ0) is 31.6. The third-order valence-corrected chi connectivity index (χ3v) is 9.25. The average molecular weight is 623 g/mol. The summed E-state index contributed by atoms with van der Waals surface area (Å²) >= 11 is 0. The Bertz CT molecular complexity index is 917. The summed E-state index contributed by atoms with van der Waals surface area (Å²) in [6.07, 6.45) is -8.98. The highest BCUT2D eigenvalue weighted by Crippen LogP contribution is 2.38.